The molecule has 6 nitrogen and oxygen atoms in total. The van der Waals surface area contributed by atoms with E-state index in [9.17, 15) is 13.2 Å². The van der Waals surface area contributed by atoms with Crippen molar-refractivity contribution >= 4 is 15.7 Å². The summed E-state index contributed by atoms with van der Waals surface area (Å²) in [5.74, 6) is -0.251. The maximum Gasteiger partial charge on any atom is 0.250 e. The molecule has 2 aromatic rings. The van der Waals surface area contributed by atoms with Gasteiger partial charge in [-0.05, 0) is 25.5 Å². The molecule has 1 atom stereocenters. The molecule has 0 fully saturated rings. The molecule has 0 saturated carbocycles. The number of aryl methyl sites for hydroxylation is 1. The molecule has 1 aromatic heterocycles. The topological polar surface area (TPSA) is 88.3 Å². The highest BCUT2D eigenvalue weighted by molar-refractivity contribution is 7.92. The van der Waals surface area contributed by atoms with Gasteiger partial charge >= 0.3 is 0 Å². The van der Waals surface area contributed by atoms with Crippen LogP contribution >= 0.6 is 0 Å². The largest absolute Gasteiger partial charge is 0.373 e. The number of anilines is 1. The minimum atomic E-state index is -3.68. The minimum absolute atomic E-state index is 0.251. The summed E-state index contributed by atoms with van der Waals surface area (Å²) in [6.45, 7) is 3.33. The first-order chi connectivity index (χ1) is 10.8. The first-order valence-corrected chi connectivity index (χ1v) is 8.71. The zero-order valence-corrected chi connectivity index (χ0v) is 14.1. The summed E-state index contributed by atoms with van der Waals surface area (Å²) in [6, 6.07) is 10.7. The van der Waals surface area contributed by atoms with Crippen LogP contribution in [0.5, 0.6) is 0 Å². The highest BCUT2D eigenvalue weighted by Crippen LogP contribution is 2.27. The smallest absolute Gasteiger partial charge is 0.250 e. The Morgan fingerprint density at radius 3 is 2.48 bits per heavy atom. The fourth-order valence-corrected chi connectivity index (χ4v) is 3.84. The van der Waals surface area contributed by atoms with Gasteiger partial charge in [0.25, 0.3) is 5.56 Å². The van der Waals surface area contributed by atoms with E-state index in [2.05, 4.69) is 9.71 Å². The molecule has 7 heteroatoms. The molecule has 0 aliphatic carbocycles. The highest BCUT2D eigenvalue weighted by atomic mass is 32.2. The number of rotatable bonds is 6. The number of methoxy groups -OCH3 is 1. The molecule has 23 heavy (non-hydrogen) atoms. The number of H-pyrrole nitrogens is 1. The maximum absolute atomic E-state index is 12.5. The van der Waals surface area contributed by atoms with E-state index >= 15 is 0 Å². The number of nitrogens with one attached hydrogen (secondary N) is 2. The van der Waals surface area contributed by atoms with Gasteiger partial charge in [-0.25, -0.2) is 8.42 Å². The van der Waals surface area contributed by atoms with Crippen molar-refractivity contribution < 1.29 is 13.2 Å². The van der Waals surface area contributed by atoms with Gasteiger partial charge in [0.1, 0.15) is 11.4 Å². The number of hydrogen-bond acceptors (Lipinski definition) is 4. The lowest BCUT2D eigenvalue weighted by Crippen LogP contribution is -2.36. The summed E-state index contributed by atoms with van der Waals surface area (Å²) in [5.41, 5.74) is 0.283. The predicted molar refractivity (Wildman–Crippen MR) is 90.0 cm³/mol. The van der Waals surface area contributed by atoms with E-state index < -0.39 is 15.6 Å². The monoisotopic (exact) mass is 336 g/mol. The van der Waals surface area contributed by atoms with E-state index in [0.717, 1.165) is 5.56 Å². The molecule has 0 spiro atoms. The van der Waals surface area contributed by atoms with Crippen LogP contribution in [0.3, 0.4) is 0 Å². The second-order valence-electron chi connectivity index (χ2n) is 5.56. The van der Waals surface area contributed by atoms with Crippen molar-refractivity contribution in [1.29, 1.82) is 0 Å². The first kappa shape index (κ1) is 17.2. The normalized spacial score (nSPS) is 14.2. The molecule has 2 rings (SSSR count). The van der Waals surface area contributed by atoms with E-state index in [0.29, 0.717) is 11.3 Å². The van der Waals surface area contributed by atoms with E-state index in [-0.39, 0.29) is 11.3 Å². The zero-order valence-electron chi connectivity index (χ0n) is 13.3. The van der Waals surface area contributed by atoms with Crippen LogP contribution in [0.4, 0.5) is 5.69 Å². The van der Waals surface area contributed by atoms with Crippen molar-refractivity contribution in [2.75, 3.05) is 17.6 Å². The molecule has 1 aromatic carbocycles. The molecule has 0 aliphatic heterocycles. The Morgan fingerprint density at radius 2 is 1.91 bits per heavy atom. The molecule has 0 bridgehead atoms. The molecule has 0 aliphatic rings. The van der Waals surface area contributed by atoms with Crippen LogP contribution < -0.4 is 10.3 Å². The van der Waals surface area contributed by atoms with Gasteiger partial charge in [-0.3, -0.25) is 9.52 Å². The van der Waals surface area contributed by atoms with E-state index in [4.69, 9.17) is 4.74 Å². The lowest BCUT2D eigenvalue weighted by Gasteiger charge is -2.28. The van der Waals surface area contributed by atoms with Crippen LogP contribution in [-0.2, 0) is 20.4 Å². The molecule has 0 radical (unpaired) electrons. The molecule has 0 amide bonds. The van der Waals surface area contributed by atoms with Gasteiger partial charge in [-0.1, -0.05) is 30.3 Å². The Bertz CT molecular complexity index is 831. The van der Waals surface area contributed by atoms with Gasteiger partial charge < -0.3 is 9.72 Å². The molecule has 0 unspecified atom stereocenters. The van der Waals surface area contributed by atoms with Crippen LogP contribution in [0.15, 0.2) is 47.4 Å². The van der Waals surface area contributed by atoms with Crippen molar-refractivity contribution in [3.63, 3.8) is 0 Å². The lowest BCUT2D eigenvalue weighted by molar-refractivity contribution is 0.0223. The fraction of sp³-hybridized carbons (Fsp3) is 0.312. The number of hydrogen-bond donors (Lipinski definition) is 2. The van der Waals surface area contributed by atoms with Crippen molar-refractivity contribution in [1.82, 2.24) is 4.98 Å². The second-order valence-corrected chi connectivity index (χ2v) is 7.28. The summed E-state index contributed by atoms with van der Waals surface area (Å²) in [7, 11) is -2.20. The number of aromatic amines is 1. The number of benzene rings is 1. The van der Waals surface area contributed by atoms with Gasteiger partial charge in [-0.2, -0.15) is 0 Å². The number of sulfonamides is 1. The van der Waals surface area contributed by atoms with Gasteiger partial charge in [0, 0.05) is 18.9 Å². The Morgan fingerprint density at radius 1 is 1.26 bits per heavy atom. The number of pyridine rings is 1. The van der Waals surface area contributed by atoms with E-state index in [1.165, 1.54) is 19.4 Å². The average Bonchev–Trinajstić information content (AvgIpc) is 2.51. The van der Waals surface area contributed by atoms with Crippen LogP contribution in [-0.4, -0.2) is 26.3 Å². The summed E-state index contributed by atoms with van der Waals surface area (Å²) >= 11 is 0. The summed E-state index contributed by atoms with van der Waals surface area (Å²) in [5, 5.41) is 0. The Hall–Kier alpha value is -2.12. The summed E-state index contributed by atoms with van der Waals surface area (Å²) in [4.78, 5) is 13.8. The Kier molecular flexibility index (Phi) is 4.91. The first-order valence-electron chi connectivity index (χ1n) is 7.06. The molecule has 0 saturated heterocycles. The Balaban J connectivity index is 2.25. The average molecular weight is 336 g/mol. The third-order valence-corrected chi connectivity index (χ3v) is 5.14. The molecule has 1 heterocycles. The number of ether oxygens (including phenoxy) is 1. The van der Waals surface area contributed by atoms with Crippen LogP contribution in [0.2, 0.25) is 0 Å². The fourth-order valence-electron chi connectivity index (χ4n) is 2.29. The zero-order chi connectivity index (χ0) is 17.1. The van der Waals surface area contributed by atoms with Crippen molar-refractivity contribution in [3.8, 4) is 0 Å². The quantitative estimate of drug-likeness (QED) is 0.844. The Labute approximate surface area is 135 Å². The third-order valence-electron chi connectivity index (χ3n) is 3.66. The minimum Gasteiger partial charge on any atom is -0.373 e. The van der Waals surface area contributed by atoms with Gasteiger partial charge in [-0.15, -0.1) is 0 Å². The summed E-state index contributed by atoms with van der Waals surface area (Å²) < 4.78 is 32.9. The van der Waals surface area contributed by atoms with Crippen LogP contribution in [0.25, 0.3) is 0 Å². The van der Waals surface area contributed by atoms with Crippen molar-refractivity contribution in [2.45, 2.75) is 19.4 Å². The predicted octanol–water partition coefficient (Wildman–Crippen LogP) is 1.99. The standard InChI is InChI=1S/C16H20N2O4S/c1-12-9-14(10-17-15(12)19)18-23(20,21)11-16(2,22-3)13-7-5-4-6-8-13/h4-10,18H,11H2,1-3H3,(H,17,19)/t16-/m1/s1. The highest BCUT2D eigenvalue weighted by Gasteiger charge is 2.32. The van der Waals surface area contributed by atoms with Crippen molar-refractivity contribution in [3.05, 3.63) is 64.1 Å². The summed E-state index contributed by atoms with van der Waals surface area (Å²) in [6.07, 6.45) is 1.33. The SMILES string of the molecule is CO[C@](C)(CS(=O)(=O)Nc1c[nH]c(=O)c(C)c1)c1ccccc1. The second kappa shape index (κ2) is 6.55. The molecule has 124 valence electrons. The maximum atomic E-state index is 12.5. The van der Waals surface area contributed by atoms with E-state index in [1.54, 1.807) is 13.8 Å². The lowest BCUT2D eigenvalue weighted by atomic mass is 9.98. The van der Waals surface area contributed by atoms with Gasteiger partial charge in [0.15, 0.2) is 0 Å². The van der Waals surface area contributed by atoms with Crippen LogP contribution in [0, 0.1) is 6.92 Å². The van der Waals surface area contributed by atoms with E-state index in [1.807, 2.05) is 30.3 Å². The van der Waals surface area contributed by atoms with Crippen molar-refractivity contribution in [2.24, 2.45) is 0 Å². The molecule has 2 N–H and O–H groups in total. The third kappa shape index (κ3) is 4.20. The molecular weight excluding hydrogens is 316 g/mol. The van der Waals surface area contributed by atoms with Gasteiger partial charge in [0.05, 0.1) is 5.69 Å². The van der Waals surface area contributed by atoms with Crippen LogP contribution in [0.1, 0.15) is 18.1 Å². The number of aromatic nitrogens is 1. The molecular formula is C16H20N2O4S. The van der Waals surface area contributed by atoms with Gasteiger partial charge in [0.2, 0.25) is 10.0 Å².